The molecule has 0 aliphatic carbocycles. The lowest BCUT2D eigenvalue weighted by Gasteiger charge is -2.14. The number of hydrogen-bond acceptors (Lipinski definition) is 6. The fourth-order valence-corrected chi connectivity index (χ4v) is 15.7. The summed E-state index contributed by atoms with van der Waals surface area (Å²) in [6.07, 6.45) is 17.0. The molecule has 10 heterocycles. The fraction of sp³-hybridized carbons (Fsp3) is 0.181. The molecule has 0 radical (unpaired) electrons. The molecule has 0 spiro atoms. The largest absolute Gasteiger partial charge is 0.354 e. The minimum absolute atomic E-state index is 0.549. The molecule has 4 aliphatic rings. The van der Waals surface area contributed by atoms with Crippen molar-refractivity contribution in [2.45, 2.75) is 104 Å². The fourth-order valence-electron chi connectivity index (χ4n) is 15.7. The molecule has 11 aromatic rings. The zero-order chi connectivity index (χ0) is 64.6. The molecule has 10 heteroatoms. The molecule has 0 saturated carbocycles. The van der Waals surface area contributed by atoms with Crippen LogP contribution in [0.2, 0.25) is 0 Å². The van der Waals surface area contributed by atoms with Crippen LogP contribution in [0.3, 0.4) is 0 Å². The van der Waals surface area contributed by atoms with E-state index in [1.54, 1.807) is 0 Å². The third kappa shape index (κ3) is 10.1. The van der Waals surface area contributed by atoms with Gasteiger partial charge in [0, 0.05) is 66.5 Å². The average Bonchev–Trinajstić information content (AvgIpc) is 1.62. The number of rotatable bonds is 6. The first-order valence-corrected chi connectivity index (χ1v) is 32.2. The Labute approximate surface area is 542 Å². The van der Waals surface area contributed by atoms with Gasteiger partial charge in [0.15, 0.2) is 11.6 Å². The number of nitrogens with zero attached hydrogens (tertiary/aromatic N) is 6. The zero-order valence-electron chi connectivity index (χ0n) is 55.6. The number of aromatic nitrogens is 10. The maximum atomic E-state index is 5.90. The first kappa shape index (κ1) is 58.5. The first-order chi connectivity index (χ1) is 44.7. The molecule has 6 aromatic heterocycles. The number of hydrogen-bond donors (Lipinski definition) is 4. The molecule has 16 bridgehead atoms. The van der Waals surface area contributed by atoms with Gasteiger partial charge in [0.25, 0.3) is 0 Å². The van der Waals surface area contributed by atoms with Crippen molar-refractivity contribution in [3.63, 3.8) is 0 Å². The third-order valence-corrected chi connectivity index (χ3v) is 18.9. The van der Waals surface area contributed by atoms with E-state index in [0.717, 1.165) is 179 Å². The third-order valence-electron chi connectivity index (χ3n) is 18.9. The Morgan fingerprint density at radius 1 is 0.215 bits per heavy atom. The van der Waals surface area contributed by atoms with E-state index < -0.39 is 0 Å². The lowest BCUT2D eigenvalue weighted by atomic mass is 9.92. The number of aryl methyl sites for hydroxylation is 15. The van der Waals surface area contributed by atoms with Gasteiger partial charge in [0.2, 0.25) is 0 Å². The van der Waals surface area contributed by atoms with E-state index >= 15 is 0 Å². The van der Waals surface area contributed by atoms with Crippen LogP contribution < -0.4 is 0 Å². The average molecular weight is 1210 g/mol. The minimum Gasteiger partial charge on any atom is -0.354 e. The Morgan fingerprint density at radius 3 is 0.839 bits per heavy atom. The summed E-state index contributed by atoms with van der Waals surface area (Å²) in [5, 5.41) is 0. The molecular formula is C83H74N10. The van der Waals surface area contributed by atoms with Crippen LogP contribution in [0.5, 0.6) is 0 Å². The van der Waals surface area contributed by atoms with Gasteiger partial charge in [-0.05, 0) is 278 Å². The Hall–Kier alpha value is -10.8. The van der Waals surface area contributed by atoms with Crippen molar-refractivity contribution in [2.24, 2.45) is 0 Å². The molecule has 15 rings (SSSR count). The Kier molecular flexibility index (Phi) is 14.0. The van der Waals surface area contributed by atoms with E-state index in [1.807, 2.05) is 18.2 Å². The zero-order valence-corrected chi connectivity index (χ0v) is 55.6. The van der Waals surface area contributed by atoms with Gasteiger partial charge in [-0.25, -0.2) is 29.9 Å². The van der Waals surface area contributed by atoms with Crippen molar-refractivity contribution >= 4 is 93.0 Å². The maximum Gasteiger partial charge on any atom is 0.155 e. The highest BCUT2D eigenvalue weighted by molar-refractivity contribution is 6.05. The van der Waals surface area contributed by atoms with Crippen LogP contribution in [-0.2, 0) is 0 Å². The van der Waals surface area contributed by atoms with Crippen LogP contribution in [-0.4, -0.2) is 49.8 Å². The molecule has 0 unspecified atom stereocenters. The van der Waals surface area contributed by atoms with Gasteiger partial charge < -0.3 is 19.9 Å². The number of fused-ring (bicyclic) bond motifs is 16. The van der Waals surface area contributed by atoms with Gasteiger partial charge in [0.1, 0.15) is 11.3 Å². The first-order valence-electron chi connectivity index (χ1n) is 32.2. The molecule has 0 amide bonds. The monoisotopic (exact) mass is 1210 g/mol. The van der Waals surface area contributed by atoms with E-state index in [2.05, 4.69) is 257 Å². The summed E-state index contributed by atoms with van der Waals surface area (Å²) in [5.74, 6) is 1.14. The second kappa shape index (κ2) is 22.2. The molecule has 93 heavy (non-hydrogen) atoms. The SMILES string of the molecule is Cc1cc(C)c(-c2c3nc(nc4[nH]c(cc4-c4c5nc(c(-c6c(C)cc(C)cc6C)c6ccc([nH]6)c(-c6c(C)cc(C)cc6C)c6nc(c(-c7c(C)cc(C)cc7C)c7ccc4[nH]7)C=C6)C=C5)c(-c4c(C)cc(C)cc4C)c4nc(nc5ccc2[nH]5)C=C4)C=C3)c(C)c1. The highest BCUT2D eigenvalue weighted by Gasteiger charge is 2.26. The molecule has 0 saturated heterocycles. The van der Waals surface area contributed by atoms with Gasteiger partial charge in [-0.3, -0.25) is 0 Å². The summed E-state index contributed by atoms with van der Waals surface area (Å²) in [7, 11) is 0. The molecule has 4 aliphatic heterocycles. The molecule has 10 nitrogen and oxygen atoms in total. The highest BCUT2D eigenvalue weighted by atomic mass is 15.0. The maximum absolute atomic E-state index is 5.90. The van der Waals surface area contributed by atoms with Crippen LogP contribution in [0, 0.1) is 104 Å². The standard InChI is InChI=1S/C83H74N10/c1-41-30-46(6)72(47(7)31-41)78-59-18-16-57(84-59)77(58-17-19-60(85-58)79(73-48(8)32-42(2)33-49(73)9)62-21-23-64(87-62)80(63-22-20-61(78)86-63)74-50(10)34-43(3)35-51(74)11)56-40-68-82(76-54(14)38-45(5)39-55(76)15)67-25-28-70(89-67)92-69-27-24-65(88-69)81(75-52(12)36-44(4)37-53(75)13)66-26-29-71(90-66)93-83(56)91-68/h16-40,84,87H,1-15H3,(H,88,89,92)(H,90,91,93). The quantitative estimate of drug-likeness (QED) is 0.131. The Balaban J connectivity index is 1.14. The predicted octanol–water partition coefficient (Wildman–Crippen LogP) is 21.0. The van der Waals surface area contributed by atoms with Crippen LogP contribution >= 0.6 is 0 Å². The van der Waals surface area contributed by atoms with Crippen LogP contribution in [0.1, 0.15) is 129 Å². The van der Waals surface area contributed by atoms with Crippen molar-refractivity contribution in [2.75, 3.05) is 0 Å². The van der Waals surface area contributed by atoms with Crippen LogP contribution in [0.25, 0.3) is 160 Å². The summed E-state index contributed by atoms with van der Waals surface area (Å²) < 4.78 is 0. The summed E-state index contributed by atoms with van der Waals surface area (Å²) >= 11 is 0. The lowest BCUT2D eigenvalue weighted by molar-refractivity contribution is 1.18. The van der Waals surface area contributed by atoms with Gasteiger partial charge in [0.05, 0.1) is 39.7 Å². The number of benzene rings is 5. The number of H-pyrrole nitrogens is 4. The van der Waals surface area contributed by atoms with E-state index in [-0.39, 0.29) is 0 Å². The van der Waals surface area contributed by atoms with E-state index in [4.69, 9.17) is 29.9 Å². The predicted molar refractivity (Wildman–Crippen MR) is 391 cm³/mol. The lowest BCUT2D eigenvalue weighted by Crippen LogP contribution is -1.96. The van der Waals surface area contributed by atoms with Crippen LogP contribution in [0.4, 0.5) is 0 Å². The second-order valence-corrected chi connectivity index (χ2v) is 26.4. The molecule has 4 N–H and O–H groups in total. The van der Waals surface area contributed by atoms with E-state index in [0.29, 0.717) is 22.9 Å². The molecule has 456 valence electrons. The summed E-state index contributed by atoms with van der Waals surface area (Å²) in [4.78, 5) is 49.2. The van der Waals surface area contributed by atoms with E-state index in [1.165, 1.54) is 38.9 Å². The van der Waals surface area contributed by atoms with Crippen molar-refractivity contribution in [3.8, 4) is 66.8 Å². The van der Waals surface area contributed by atoms with Gasteiger partial charge in [-0.15, -0.1) is 0 Å². The molecule has 5 aromatic carbocycles. The van der Waals surface area contributed by atoms with Gasteiger partial charge in [-0.1, -0.05) is 88.5 Å². The van der Waals surface area contributed by atoms with Crippen molar-refractivity contribution in [1.29, 1.82) is 0 Å². The topological polar surface area (TPSA) is 140 Å². The summed E-state index contributed by atoms with van der Waals surface area (Å²) in [6.45, 7) is 32.9. The van der Waals surface area contributed by atoms with Gasteiger partial charge in [-0.2, -0.15) is 0 Å². The highest BCUT2D eigenvalue weighted by Crippen LogP contribution is 2.45. The normalized spacial score (nSPS) is 12.5. The van der Waals surface area contributed by atoms with Gasteiger partial charge >= 0.3 is 0 Å². The minimum atomic E-state index is 0.549. The van der Waals surface area contributed by atoms with Crippen LogP contribution in [0.15, 0.2) is 103 Å². The van der Waals surface area contributed by atoms with Crippen molar-refractivity contribution < 1.29 is 0 Å². The Morgan fingerprint density at radius 2 is 0.484 bits per heavy atom. The Bertz CT molecular complexity index is 5450. The smallest absolute Gasteiger partial charge is 0.155 e. The molecule has 0 fully saturated rings. The summed E-state index contributed by atoms with van der Waals surface area (Å²) in [6, 6.07) is 38.0. The van der Waals surface area contributed by atoms with Crippen molar-refractivity contribution in [3.05, 3.63) is 232 Å². The summed E-state index contributed by atoms with van der Waals surface area (Å²) in [5.41, 5.74) is 41.5. The molecular weight excluding hydrogens is 1140 g/mol. The number of aromatic amines is 4. The molecule has 0 atom stereocenters. The van der Waals surface area contributed by atoms with E-state index in [9.17, 15) is 0 Å². The van der Waals surface area contributed by atoms with Crippen molar-refractivity contribution in [1.82, 2.24) is 49.8 Å². The second-order valence-electron chi connectivity index (χ2n) is 26.4. The number of nitrogens with one attached hydrogen (secondary N) is 4.